The highest BCUT2D eigenvalue weighted by atomic mass is 16.2. The molecule has 6 nitrogen and oxygen atoms in total. The maximum Gasteiger partial charge on any atom is 0.249 e. The molecule has 4 amide bonds. The minimum atomic E-state index is -0.924. The van der Waals surface area contributed by atoms with Crippen LogP contribution in [0.2, 0.25) is 0 Å². The Morgan fingerprint density at radius 1 is 1.10 bits per heavy atom. The molecule has 2 heterocycles. The molecule has 1 N–H and O–H groups in total. The first-order valence-electron chi connectivity index (χ1n) is 6.63. The third kappa shape index (κ3) is 2.56. The Hall–Kier alpha value is -2.50. The molecule has 0 aromatic carbocycles. The molecule has 21 heavy (non-hydrogen) atoms. The van der Waals surface area contributed by atoms with Crippen molar-refractivity contribution in [2.75, 3.05) is 0 Å². The van der Waals surface area contributed by atoms with E-state index in [1.165, 1.54) is 12.2 Å². The van der Waals surface area contributed by atoms with Gasteiger partial charge in [0.2, 0.25) is 23.6 Å². The van der Waals surface area contributed by atoms with Crippen LogP contribution in [0.25, 0.3) is 0 Å². The fraction of sp³-hybridized carbons (Fsp3) is 0.333. The zero-order valence-electron chi connectivity index (χ0n) is 11.5. The van der Waals surface area contributed by atoms with Gasteiger partial charge in [0, 0.05) is 6.42 Å². The van der Waals surface area contributed by atoms with Gasteiger partial charge in [-0.1, -0.05) is 30.9 Å². The summed E-state index contributed by atoms with van der Waals surface area (Å²) in [6.07, 6.45) is 6.34. The van der Waals surface area contributed by atoms with Crippen molar-refractivity contribution < 1.29 is 19.2 Å². The molecule has 3 atom stereocenters. The molecule has 0 aliphatic carbocycles. The summed E-state index contributed by atoms with van der Waals surface area (Å²) < 4.78 is 0. The molecule has 2 fully saturated rings. The van der Waals surface area contributed by atoms with Crippen molar-refractivity contribution in [1.82, 2.24) is 10.2 Å². The SMILES string of the molecule is C=C/C=C\C1C(=O)N(C2CCC(=O)NC2=O)C(=O)C1C=C. The number of nitrogens with zero attached hydrogens (tertiary/aromatic N) is 1. The molecular formula is C15H16N2O4. The van der Waals surface area contributed by atoms with Gasteiger partial charge < -0.3 is 0 Å². The highest BCUT2D eigenvalue weighted by Crippen LogP contribution is 2.31. The number of carbonyl (C=O) groups excluding carboxylic acids is 4. The molecule has 3 unspecified atom stereocenters. The number of likely N-dealkylation sites (tertiary alicyclic amines) is 1. The Morgan fingerprint density at radius 2 is 1.76 bits per heavy atom. The number of nitrogens with one attached hydrogen (secondary N) is 1. The maximum atomic E-state index is 12.4. The van der Waals surface area contributed by atoms with Gasteiger partial charge in [-0.05, 0) is 6.42 Å². The molecule has 110 valence electrons. The van der Waals surface area contributed by atoms with E-state index in [-0.39, 0.29) is 12.8 Å². The predicted molar refractivity (Wildman–Crippen MR) is 74.5 cm³/mol. The van der Waals surface area contributed by atoms with Crippen molar-refractivity contribution >= 4 is 23.6 Å². The first kappa shape index (κ1) is 14.9. The standard InChI is InChI=1S/C15H16N2O4/c1-3-5-6-10-9(4-2)14(20)17(15(10)21)11-7-8-12(18)16-13(11)19/h3-6,9-11H,1-2,7-8H2,(H,16,18,19)/b6-5-. The molecule has 2 aliphatic rings. The monoisotopic (exact) mass is 288 g/mol. The lowest BCUT2D eigenvalue weighted by Crippen LogP contribution is -2.54. The molecule has 2 saturated heterocycles. The van der Waals surface area contributed by atoms with Crippen molar-refractivity contribution in [3.05, 3.63) is 37.5 Å². The quantitative estimate of drug-likeness (QED) is 0.459. The van der Waals surface area contributed by atoms with Gasteiger partial charge in [0.1, 0.15) is 6.04 Å². The second-order valence-corrected chi connectivity index (χ2v) is 4.92. The van der Waals surface area contributed by atoms with Crippen LogP contribution in [0.1, 0.15) is 12.8 Å². The summed E-state index contributed by atoms with van der Waals surface area (Å²) in [6.45, 7) is 7.10. The Labute approximate surface area is 122 Å². The zero-order chi connectivity index (χ0) is 15.6. The summed E-state index contributed by atoms with van der Waals surface area (Å²) in [5.74, 6) is -3.28. The van der Waals surface area contributed by atoms with Crippen LogP contribution in [0, 0.1) is 11.8 Å². The minimum absolute atomic E-state index is 0.111. The van der Waals surface area contributed by atoms with Gasteiger partial charge in [-0.15, -0.1) is 6.58 Å². The van der Waals surface area contributed by atoms with E-state index in [2.05, 4.69) is 18.5 Å². The Morgan fingerprint density at radius 3 is 2.33 bits per heavy atom. The highest BCUT2D eigenvalue weighted by Gasteiger charge is 2.50. The summed E-state index contributed by atoms with van der Waals surface area (Å²) >= 11 is 0. The number of piperidine rings is 1. The predicted octanol–water partition coefficient (Wildman–Crippen LogP) is 0.321. The molecule has 6 heteroatoms. The fourth-order valence-electron chi connectivity index (χ4n) is 2.62. The van der Waals surface area contributed by atoms with Gasteiger partial charge in [-0.3, -0.25) is 29.4 Å². The molecule has 2 rings (SSSR count). The van der Waals surface area contributed by atoms with Crippen molar-refractivity contribution in [2.24, 2.45) is 11.8 Å². The molecule has 0 bridgehead atoms. The van der Waals surface area contributed by atoms with E-state index in [1.54, 1.807) is 12.2 Å². The number of hydrogen-bond donors (Lipinski definition) is 1. The van der Waals surface area contributed by atoms with E-state index < -0.39 is 41.5 Å². The molecule has 0 aromatic heterocycles. The van der Waals surface area contributed by atoms with Crippen LogP contribution in [0.15, 0.2) is 37.5 Å². The van der Waals surface area contributed by atoms with E-state index in [1.807, 2.05) is 0 Å². The van der Waals surface area contributed by atoms with Gasteiger partial charge >= 0.3 is 0 Å². The lowest BCUT2D eigenvalue weighted by atomic mass is 9.95. The second kappa shape index (κ2) is 5.87. The molecular weight excluding hydrogens is 272 g/mol. The van der Waals surface area contributed by atoms with Crippen molar-refractivity contribution in [1.29, 1.82) is 0 Å². The number of hydrogen-bond acceptors (Lipinski definition) is 4. The van der Waals surface area contributed by atoms with Crippen LogP contribution in [-0.2, 0) is 19.2 Å². The maximum absolute atomic E-state index is 12.4. The van der Waals surface area contributed by atoms with Gasteiger partial charge in [-0.2, -0.15) is 0 Å². The second-order valence-electron chi connectivity index (χ2n) is 4.92. The van der Waals surface area contributed by atoms with Gasteiger partial charge in [0.15, 0.2) is 0 Å². The Kier molecular flexibility index (Phi) is 4.16. The molecule has 0 aromatic rings. The smallest absolute Gasteiger partial charge is 0.249 e. The Balaban J connectivity index is 2.30. The normalized spacial score (nSPS) is 29.9. The first-order chi connectivity index (χ1) is 10.0. The third-order valence-electron chi connectivity index (χ3n) is 3.66. The lowest BCUT2D eigenvalue weighted by molar-refractivity contribution is -0.151. The van der Waals surface area contributed by atoms with Crippen LogP contribution >= 0.6 is 0 Å². The number of rotatable bonds is 4. The summed E-state index contributed by atoms with van der Waals surface area (Å²) in [4.78, 5) is 48.8. The largest absolute Gasteiger partial charge is 0.295 e. The number of imide groups is 2. The lowest BCUT2D eigenvalue weighted by Gasteiger charge is -2.28. The first-order valence-corrected chi connectivity index (χ1v) is 6.63. The molecule has 0 saturated carbocycles. The summed E-state index contributed by atoms with van der Waals surface area (Å²) in [5.41, 5.74) is 0. The number of carbonyl (C=O) groups is 4. The van der Waals surface area contributed by atoms with E-state index in [0.717, 1.165) is 4.90 Å². The summed E-state index contributed by atoms with van der Waals surface area (Å²) in [7, 11) is 0. The van der Waals surface area contributed by atoms with Crippen LogP contribution in [0.4, 0.5) is 0 Å². The number of allylic oxidation sites excluding steroid dienone is 2. The van der Waals surface area contributed by atoms with Gasteiger partial charge in [-0.25, -0.2) is 0 Å². The van der Waals surface area contributed by atoms with E-state index >= 15 is 0 Å². The molecule has 0 radical (unpaired) electrons. The van der Waals surface area contributed by atoms with Crippen LogP contribution in [0.3, 0.4) is 0 Å². The van der Waals surface area contributed by atoms with E-state index in [0.29, 0.717) is 0 Å². The van der Waals surface area contributed by atoms with Gasteiger partial charge in [0.05, 0.1) is 11.8 Å². The fourth-order valence-corrected chi connectivity index (χ4v) is 2.62. The third-order valence-corrected chi connectivity index (χ3v) is 3.66. The van der Waals surface area contributed by atoms with E-state index in [4.69, 9.17) is 0 Å². The van der Waals surface area contributed by atoms with Crippen molar-refractivity contribution in [3.63, 3.8) is 0 Å². The van der Waals surface area contributed by atoms with Gasteiger partial charge in [0.25, 0.3) is 0 Å². The summed E-state index contributed by atoms with van der Waals surface area (Å²) in [5, 5.41) is 2.15. The Bertz CT molecular complexity index is 564. The van der Waals surface area contributed by atoms with Crippen LogP contribution in [0.5, 0.6) is 0 Å². The minimum Gasteiger partial charge on any atom is -0.295 e. The highest BCUT2D eigenvalue weighted by molar-refractivity contribution is 6.11. The zero-order valence-corrected chi connectivity index (χ0v) is 11.5. The summed E-state index contributed by atoms with van der Waals surface area (Å²) in [6, 6.07) is -0.924. The van der Waals surface area contributed by atoms with Crippen LogP contribution in [-0.4, -0.2) is 34.6 Å². The van der Waals surface area contributed by atoms with E-state index in [9.17, 15) is 19.2 Å². The molecule has 0 spiro atoms. The molecule has 2 aliphatic heterocycles. The van der Waals surface area contributed by atoms with Crippen molar-refractivity contribution in [2.45, 2.75) is 18.9 Å². The van der Waals surface area contributed by atoms with Crippen LogP contribution < -0.4 is 5.32 Å². The van der Waals surface area contributed by atoms with Crippen molar-refractivity contribution in [3.8, 4) is 0 Å². The topological polar surface area (TPSA) is 83.6 Å². The number of amides is 4. The average molecular weight is 288 g/mol. The average Bonchev–Trinajstić information content (AvgIpc) is 2.68.